The summed E-state index contributed by atoms with van der Waals surface area (Å²) in [7, 11) is 0. The Morgan fingerprint density at radius 3 is 1.82 bits per heavy atom. The lowest BCUT2D eigenvalue weighted by molar-refractivity contribution is 0.452. The molecule has 1 nitrogen and oxygen atoms in total. The van der Waals surface area contributed by atoms with Crippen molar-refractivity contribution in [3.05, 3.63) is 300 Å². The molecule has 322 valence electrons. The molecule has 3 unspecified atom stereocenters. The van der Waals surface area contributed by atoms with E-state index in [1.54, 1.807) is 0 Å². The van der Waals surface area contributed by atoms with E-state index in [0.29, 0.717) is 17.5 Å². The minimum absolute atomic E-state index is 0.0503. The van der Waals surface area contributed by atoms with Gasteiger partial charge < -0.3 is 4.90 Å². The van der Waals surface area contributed by atoms with Gasteiger partial charge in [0.25, 0.3) is 0 Å². The van der Waals surface area contributed by atoms with Gasteiger partial charge in [-0.05, 0) is 119 Å². The van der Waals surface area contributed by atoms with Crippen LogP contribution in [0.2, 0.25) is 0 Å². The Balaban J connectivity index is 0.941. The smallest absolute Gasteiger partial charge is 0.0645 e. The largest absolute Gasteiger partial charge is 0.335 e. The van der Waals surface area contributed by atoms with E-state index in [9.17, 15) is 5.48 Å². The van der Waals surface area contributed by atoms with Gasteiger partial charge in [0.15, 0.2) is 0 Å². The molecule has 1 heteroatoms. The Bertz CT molecular complexity index is 3830. The quantitative estimate of drug-likeness (QED) is 0.138. The molecule has 0 spiro atoms. The summed E-state index contributed by atoms with van der Waals surface area (Å²) in [4.78, 5) is 2.10. The summed E-state index contributed by atoms with van der Waals surface area (Å²) < 4.78 is 39.3. The van der Waals surface area contributed by atoms with Gasteiger partial charge in [0.2, 0.25) is 0 Å². The van der Waals surface area contributed by atoms with Crippen LogP contribution in [0.3, 0.4) is 0 Å². The Morgan fingerprint density at radius 2 is 1.09 bits per heavy atom. The lowest BCUT2D eigenvalue weighted by Gasteiger charge is -2.41. The maximum atomic E-state index is 9.94. The molecule has 68 heavy (non-hydrogen) atoms. The van der Waals surface area contributed by atoms with Gasteiger partial charge >= 0.3 is 0 Å². The van der Waals surface area contributed by atoms with E-state index in [-0.39, 0.29) is 47.7 Å². The second kappa shape index (κ2) is 16.6. The van der Waals surface area contributed by atoms with Crippen LogP contribution < -0.4 is 4.90 Å². The number of rotatable bonds is 8. The molecule has 10 aromatic carbocycles. The highest BCUT2D eigenvalue weighted by Gasteiger charge is 2.53. The molecule has 3 aliphatic carbocycles. The summed E-state index contributed by atoms with van der Waals surface area (Å²) in [5, 5.41) is 6.81. The van der Waals surface area contributed by atoms with Crippen molar-refractivity contribution in [1.29, 1.82) is 0 Å². The molecule has 13 rings (SSSR count). The fourth-order valence-corrected chi connectivity index (χ4v) is 11.7. The average Bonchev–Trinajstić information content (AvgIpc) is 3.74. The third-order valence-corrected chi connectivity index (χ3v) is 14.8. The van der Waals surface area contributed by atoms with E-state index in [1.807, 2.05) is 42.5 Å². The van der Waals surface area contributed by atoms with Crippen molar-refractivity contribution in [3.63, 3.8) is 0 Å². The zero-order chi connectivity index (χ0) is 48.5. The molecule has 0 saturated carbocycles. The van der Waals surface area contributed by atoms with Gasteiger partial charge in [-0.25, -0.2) is 0 Å². The summed E-state index contributed by atoms with van der Waals surface area (Å²) >= 11 is 0. The summed E-state index contributed by atoms with van der Waals surface area (Å²) in [5.74, 6) is -0.0299. The van der Waals surface area contributed by atoms with Crippen LogP contribution in [-0.2, 0) is 5.41 Å². The predicted octanol–water partition coefficient (Wildman–Crippen LogP) is 16.9. The van der Waals surface area contributed by atoms with Crippen LogP contribution in [-0.4, -0.2) is 6.04 Å². The highest BCUT2D eigenvalue weighted by atomic mass is 15.2. The van der Waals surface area contributed by atoms with E-state index in [0.717, 1.165) is 33.2 Å². The first-order valence-electron chi connectivity index (χ1n) is 25.8. The number of hydrogen-bond acceptors (Lipinski definition) is 1. The monoisotopic (exact) mass is 871 g/mol. The predicted molar refractivity (Wildman–Crippen MR) is 287 cm³/mol. The molecule has 0 saturated heterocycles. The van der Waals surface area contributed by atoms with Crippen LogP contribution in [0, 0.1) is 5.92 Å². The molecular weight excluding hydrogens is 819 g/mol. The van der Waals surface area contributed by atoms with E-state index >= 15 is 0 Å². The lowest BCUT2D eigenvalue weighted by atomic mass is 9.63. The maximum Gasteiger partial charge on any atom is 0.0645 e. The first-order chi connectivity index (χ1) is 35.4. The summed E-state index contributed by atoms with van der Waals surface area (Å²) in [5.41, 5.74) is 11.0. The van der Waals surface area contributed by atoms with Gasteiger partial charge in [0.1, 0.15) is 0 Å². The molecular formula is C67H49N. The van der Waals surface area contributed by atoms with Gasteiger partial charge in [-0.2, -0.15) is 0 Å². The average molecular weight is 872 g/mol. The zero-order valence-electron chi connectivity index (χ0n) is 41.5. The van der Waals surface area contributed by atoms with Crippen LogP contribution in [0.5, 0.6) is 0 Å². The standard InChI is InChI=1S/C67H49N/c1-3-19-52(20-4-1)67(53-21-5-2-6-22-53)65-29-14-13-27-62(65)63-43-42-56(45-66(63)67)68(55-40-36-49(37-41-55)58-28-15-18-48-16-7-9-23-57(48)58)54-38-34-47(35-39-54)46-30-32-50(33-31-46)64-44-51-17-8-10-24-59(51)60-25-11-12-26-61(60)64/h1-38,40-45,54,63,66H,39H2/i36D,37D,40D,41D. The zero-order valence-corrected chi connectivity index (χ0v) is 37.5. The van der Waals surface area contributed by atoms with E-state index in [2.05, 4.69) is 205 Å². The van der Waals surface area contributed by atoms with Gasteiger partial charge in [0, 0.05) is 23.2 Å². The minimum atomic E-state index is -0.556. The Hall–Kier alpha value is -8.26. The first kappa shape index (κ1) is 35.9. The Morgan fingerprint density at radius 1 is 0.471 bits per heavy atom. The van der Waals surface area contributed by atoms with Crippen LogP contribution in [0.4, 0.5) is 5.69 Å². The number of fused-ring (bicyclic) bond motifs is 7. The fourth-order valence-electron chi connectivity index (χ4n) is 11.7. The van der Waals surface area contributed by atoms with Crippen molar-refractivity contribution in [2.24, 2.45) is 5.92 Å². The van der Waals surface area contributed by atoms with Crippen LogP contribution in [0.15, 0.2) is 273 Å². The second-order valence-corrected chi connectivity index (χ2v) is 18.3. The van der Waals surface area contributed by atoms with Gasteiger partial charge in [-0.1, -0.05) is 243 Å². The van der Waals surface area contributed by atoms with E-state index < -0.39 is 5.41 Å². The molecule has 3 atom stereocenters. The van der Waals surface area contributed by atoms with Crippen LogP contribution in [0.25, 0.3) is 60.1 Å². The number of allylic oxidation sites excluding steroid dienone is 5. The highest BCUT2D eigenvalue weighted by Crippen LogP contribution is 2.60. The van der Waals surface area contributed by atoms with Gasteiger partial charge in [-0.15, -0.1) is 0 Å². The fraction of sp³-hybridized carbons (Fsp3) is 0.0746. The molecule has 0 N–H and O–H groups in total. The molecule has 0 fully saturated rings. The Labute approximate surface area is 404 Å². The van der Waals surface area contributed by atoms with Crippen molar-refractivity contribution >= 4 is 43.6 Å². The van der Waals surface area contributed by atoms with Crippen molar-refractivity contribution in [2.45, 2.75) is 23.8 Å². The van der Waals surface area contributed by atoms with Crippen molar-refractivity contribution in [3.8, 4) is 22.3 Å². The third-order valence-electron chi connectivity index (χ3n) is 14.8. The van der Waals surface area contributed by atoms with Crippen molar-refractivity contribution < 1.29 is 5.48 Å². The minimum Gasteiger partial charge on any atom is -0.335 e. The number of benzene rings is 10. The summed E-state index contributed by atoms with van der Waals surface area (Å²) in [6.07, 6.45) is 14.1. The first-order valence-corrected chi connectivity index (χ1v) is 23.8. The van der Waals surface area contributed by atoms with Crippen LogP contribution in [0.1, 0.15) is 45.6 Å². The van der Waals surface area contributed by atoms with Gasteiger partial charge in [0.05, 0.1) is 16.9 Å². The molecule has 0 bridgehead atoms. The van der Waals surface area contributed by atoms with Crippen molar-refractivity contribution in [2.75, 3.05) is 4.90 Å². The highest BCUT2D eigenvalue weighted by molar-refractivity contribution is 6.13. The van der Waals surface area contributed by atoms with E-state index in [4.69, 9.17) is 0 Å². The molecule has 3 aliphatic rings. The molecule has 0 aromatic heterocycles. The lowest BCUT2D eigenvalue weighted by Crippen LogP contribution is -2.38. The number of hydrogen-bond donors (Lipinski definition) is 0. The summed E-state index contributed by atoms with van der Waals surface area (Å²) in [6.45, 7) is 0. The molecule has 0 aliphatic heterocycles. The normalized spacial score (nSPS) is 18.8. The van der Waals surface area contributed by atoms with E-state index in [1.165, 1.54) is 49.4 Å². The number of nitrogens with zero attached hydrogens (tertiary/aromatic N) is 1. The molecule has 0 heterocycles. The van der Waals surface area contributed by atoms with Gasteiger partial charge in [-0.3, -0.25) is 0 Å². The number of anilines is 1. The second-order valence-electron chi connectivity index (χ2n) is 18.3. The van der Waals surface area contributed by atoms with Crippen molar-refractivity contribution in [1.82, 2.24) is 0 Å². The Kier molecular flexibility index (Phi) is 8.75. The third kappa shape index (κ3) is 6.53. The SMILES string of the molecule is [2H]c1c([2H])c(N(C2=CC3C(C=C2)c2ccccc2C3(c2ccccc2)c2ccccc2)C2C=CC(c3ccc(-c4cc5ccccc5c5ccccc45)cc3)=CC2)c([2H])c([2H])c1-c1cccc2ccccc12. The van der Waals surface area contributed by atoms with Crippen LogP contribution >= 0.6 is 0 Å². The molecule has 0 radical (unpaired) electrons. The maximum absolute atomic E-state index is 9.94. The molecule has 0 amide bonds. The molecule has 10 aromatic rings. The summed E-state index contributed by atoms with van der Waals surface area (Å²) in [6, 6.07) is 72.1. The topological polar surface area (TPSA) is 3.24 Å².